The molecule has 0 bridgehead atoms. The van der Waals surface area contributed by atoms with Crippen LogP contribution in [0.3, 0.4) is 0 Å². The lowest BCUT2D eigenvalue weighted by Gasteiger charge is -2.12. The number of rotatable bonds is 2. The lowest BCUT2D eigenvalue weighted by molar-refractivity contribution is 0.222. The molecule has 1 aromatic carbocycles. The monoisotopic (exact) mass is 316 g/mol. The number of thiophene rings is 1. The van der Waals surface area contributed by atoms with Crippen molar-refractivity contribution in [2.24, 2.45) is 0 Å². The van der Waals surface area contributed by atoms with Crippen molar-refractivity contribution in [2.75, 3.05) is 0 Å². The maximum absolute atomic E-state index is 10.3. The first kappa shape index (κ1) is 12.1. The molecular weight excluding hydrogens is 308 g/mol. The molecule has 1 N–H and O–H groups in total. The molecular formula is C12H10BrClOS. The molecule has 0 aliphatic carbocycles. The quantitative estimate of drug-likeness (QED) is 0.861. The number of aliphatic hydroxyl groups excluding tert-OH is 1. The van der Waals surface area contributed by atoms with Gasteiger partial charge in [-0.3, -0.25) is 0 Å². The predicted octanol–water partition coefficient (Wildman–Crippen LogP) is 4.55. The number of benzene rings is 1. The zero-order valence-electron chi connectivity index (χ0n) is 8.58. The van der Waals surface area contributed by atoms with E-state index in [-0.39, 0.29) is 0 Å². The minimum absolute atomic E-state index is 0.591. The van der Waals surface area contributed by atoms with Gasteiger partial charge in [-0.2, -0.15) is 0 Å². The molecule has 0 spiro atoms. The fourth-order valence-corrected chi connectivity index (χ4v) is 3.36. The van der Waals surface area contributed by atoms with E-state index >= 15 is 0 Å². The second kappa shape index (κ2) is 4.88. The summed E-state index contributed by atoms with van der Waals surface area (Å²) in [5.74, 6) is 0. The number of aryl methyl sites for hydroxylation is 1. The molecule has 4 heteroatoms. The third-order valence-electron chi connectivity index (χ3n) is 2.41. The second-order valence-corrected chi connectivity index (χ2v) is 5.77. The first-order valence-corrected chi connectivity index (χ1v) is 6.81. The summed E-state index contributed by atoms with van der Waals surface area (Å²) < 4.78 is 0.834. The molecule has 16 heavy (non-hydrogen) atoms. The third-order valence-corrected chi connectivity index (χ3v) is 4.40. The van der Waals surface area contributed by atoms with Crippen molar-refractivity contribution in [1.29, 1.82) is 0 Å². The van der Waals surface area contributed by atoms with Gasteiger partial charge in [0.1, 0.15) is 6.10 Å². The zero-order chi connectivity index (χ0) is 11.7. The van der Waals surface area contributed by atoms with Crippen LogP contribution in [-0.4, -0.2) is 5.11 Å². The fourth-order valence-electron chi connectivity index (χ4n) is 1.53. The van der Waals surface area contributed by atoms with Crippen LogP contribution in [-0.2, 0) is 0 Å². The van der Waals surface area contributed by atoms with Crippen LogP contribution in [0.2, 0.25) is 5.02 Å². The van der Waals surface area contributed by atoms with Gasteiger partial charge in [-0.25, -0.2) is 0 Å². The molecule has 0 aliphatic heterocycles. The topological polar surface area (TPSA) is 20.2 Å². The minimum atomic E-state index is -0.591. The Morgan fingerprint density at radius 3 is 2.69 bits per heavy atom. The van der Waals surface area contributed by atoms with Crippen LogP contribution >= 0.6 is 38.9 Å². The molecule has 0 fully saturated rings. The molecule has 1 aromatic heterocycles. The fraction of sp³-hybridized carbons (Fsp3) is 0.167. The summed E-state index contributed by atoms with van der Waals surface area (Å²) in [5.41, 5.74) is 1.95. The molecule has 0 amide bonds. The molecule has 0 aliphatic rings. The summed E-state index contributed by atoms with van der Waals surface area (Å²) >= 11 is 10.8. The maximum Gasteiger partial charge on any atom is 0.115 e. The normalized spacial score (nSPS) is 12.8. The van der Waals surface area contributed by atoms with Crippen molar-refractivity contribution in [3.63, 3.8) is 0 Å². The Balaban J connectivity index is 2.41. The lowest BCUT2D eigenvalue weighted by atomic mass is 10.1. The van der Waals surface area contributed by atoms with E-state index in [0.29, 0.717) is 5.02 Å². The summed E-state index contributed by atoms with van der Waals surface area (Å²) in [6.45, 7) is 2.00. The molecule has 1 atom stereocenters. The SMILES string of the molecule is Cc1ccsc1C(O)c1ccc(Cl)cc1Br. The van der Waals surface area contributed by atoms with E-state index < -0.39 is 6.10 Å². The van der Waals surface area contributed by atoms with Crippen LogP contribution in [0.25, 0.3) is 0 Å². The van der Waals surface area contributed by atoms with Gasteiger partial charge in [-0.05, 0) is 36.1 Å². The van der Waals surface area contributed by atoms with E-state index in [0.717, 1.165) is 20.5 Å². The molecule has 1 nitrogen and oxygen atoms in total. The summed E-state index contributed by atoms with van der Waals surface area (Å²) in [6, 6.07) is 7.43. The van der Waals surface area contributed by atoms with E-state index in [1.807, 2.05) is 24.4 Å². The van der Waals surface area contributed by atoms with Crippen molar-refractivity contribution in [2.45, 2.75) is 13.0 Å². The van der Waals surface area contributed by atoms with Gasteiger partial charge >= 0.3 is 0 Å². The van der Waals surface area contributed by atoms with E-state index in [1.54, 1.807) is 23.5 Å². The Kier molecular flexibility index (Phi) is 3.70. The second-order valence-electron chi connectivity index (χ2n) is 3.54. The molecule has 0 radical (unpaired) electrons. The molecule has 84 valence electrons. The molecule has 0 saturated carbocycles. The number of halogens is 2. The number of aliphatic hydroxyl groups is 1. The minimum Gasteiger partial charge on any atom is -0.383 e. The van der Waals surface area contributed by atoms with Gasteiger partial charge in [-0.1, -0.05) is 33.6 Å². The Morgan fingerprint density at radius 2 is 2.12 bits per heavy atom. The highest BCUT2D eigenvalue weighted by Crippen LogP contribution is 2.34. The van der Waals surface area contributed by atoms with E-state index in [2.05, 4.69) is 15.9 Å². The van der Waals surface area contributed by atoms with Crippen LogP contribution in [0.4, 0.5) is 0 Å². The standard InChI is InChI=1S/C12H10BrClOS/c1-7-4-5-16-12(7)11(15)9-3-2-8(14)6-10(9)13/h2-6,11,15H,1H3. The molecule has 1 heterocycles. The van der Waals surface area contributed by atoms with Crippen LogP contribution in [0, 0.1) is 6.92 Å². The van der Waals surface area contributed by atoms with E-state index in [1.165, 1.54) is 0 Å². The maximum atomic E-state index is 10.3. The van der Waals surface area contributed by atoms with Gasteiger partial charge in [0, 0.05) is 19.9 Å². The average molecular weight is 318 g/mol. The van der Waals surface area contributed by atoms with Crippen molar-refractivity contribution < 1.29 is 5.11 Å². The van der Waals surface area contributed by atoms with Crippen LogP contribution in [0.1, 0.15) is 22.1 Å². The first-order valence-electron chi connectivity index (χ1n) is 4.76. The highest BCUT2D eigenvalue weighted by molar-refractivity contribution is 9.10. The average Bonchev–Trinajstić information content (AvgIpc) is 2.63. The Morgan fingerprint density at radius 1 is 1.38 bits per heavy atom. The van der Waals surface area contributed by atoms with Crippen molar-refractivity contribution in [1.82, 2.24) is 0 Å². The van der Waals surface area contributed by atoms with Crippen LogP contribution in [0.5, 0.6) is 0 Å². The summed E-state index contributed by atoms with van der Waals surface area (Å²) in [5, 5.41) is 12.9. The lowest BCUT2D eigenvalue weighted by Crippen LogP contribution is -1.99. The van der Waals surface area contributed by atoms with Gasteiger partial charge in [0.2, 0.25) is 0 Å². The molecule has 2 rings (SSSR count). The first-order chi connectivity index (χ1) is 7.59. The number of hydrogen-bond acceptors (Lipinski definition) is 2. The van der Waals surface area contributed by atoms with Crippen LogP contribution < -0.4 is 0 Å². The van der Waals surface area contributed by atoms with Crippen molar-refractivity contribution in [3.05, 3.63) is 55.1 Å². The molecule has 2 aromatic rings. The highest BCUT2D eigenvalue weighted by atomic mass is 79.9. The zero-order valence-corrected chi connectivity index (χ0v) is 11.7. The third kappa shape index (κ3) is 2.33. The van der Waals surface area contributed by atoms with Gasteiger partial charge in [0.25, 0.3) is 0 Å². The predicted molar refractivity (Wildman–Crippen MR) is 72.3 cm³/mol. The van der Waals surface area contributed by atoms with Gasteiger partial charge < -0.3 is 5.11 Å². The Bertz CT molecular complexity index is 509. The molecule has 1 unspecified atom stereocenters. The Labute approximate surface area is 112 Å². The van der Waals surface area contributed by atoms with Crippen molar-refractivity contribution in [3.8, 4) is 0 Å². The number of hydrogen-bond donors (Lipinski definition) is 1. The van der Waals surface area contributed by atoms with Gasteiger partial charge in [0.15, 0.2) is 0 Å². The summed E-state index contributed by atoms with van der Waals surface area (Å²) in [6.07, 6.45) is -0.591. The van der Waals surface area contributed by atoms with Crippen LogP contribution in [0.15, 0.2) is 34.1 Å². The largest absolute Gasteiger partial charge is 0.383 e. The van der Waals surface area contributed by atoms with Gasteiger partial charge in [-0.15, -0.1) is 11.3 Å². The van der Waals surface area contributed by atoms with Gasteiger partial charge in [0.05, 0.1) is 0 Å². The van der Waals surface area contributed by atoms with E-state index in [9.17, 15) is 5.11 Å². The molecule has 0 saturated heterocycles. The highest BCUT2D eigenvalue weighted by Gasteiger charge is 2.16. The smallest absolute Gasteiger partial charge is 0.115 e. The Hall–Kier alpha value is -0.350. The van der Waals surface area contributed by atoms with Crippen molar-refractivity contribution >= 4 is 38.9 Å². The summed E-state index contributed by atoms with van der Waals surface area (Å²) in [7, 11) is 0. The van der Waals surface area contributed by atoms with E-state index in [4.69, 9.17) is 11.6 Å². The summed E-state index contributed by atoms with van der Waals surface area (Å²) in [4.78, 5) is 0.975.